The van der Waals surface area contributed by atoms with Crippen molar-refractivity contribution in [3.05, 3.63) is 42.9 Å². The zero-order valence-corrected chi connectivity index (χ0v) is 14.6. The molecule has 1 amide bonds. The van der Waals surface area contributed by atoms with Crippen LogP contribution in [0.3, 0.4) is 0 Å². The molecule has 3 heterocycles. The van der Waals surface area contributed by atoms with Crippen molar-refractivity contribution in [3.8, 4) is 11.1 Å². The summed E-state index contributed by atoms with van der Waals surface area (Å²) >= 11 is 0. The second kappa shape index (κ2) is 6.67. The SMILES string of the molecule is CCC1CN(c2ncc(-c3c[nH]c4ccccc34)cn2)CCN1C(=O)O. The molecule has 0 aliphatic carbocycles. The molecular formula is C19H21N5O2. The second-order valence-corrected chi connectivity index (χ2v) is 6.50. The summed E-state index contributed by atoms with van der Waals surface area (Å²) in [6.07, 6.45) is 5.57. The van der Waals surface area contributed by atoms with E-state index in [1.54, 1.807) is 0 Å². The predicted molar refractivity (Wildman–Crippen MR) is 100 cm³/mol. The predicted octanol–water partition coefficient (Wildman–Crippen LogP) is 3.20. The van der Waals surface area contributed by atoms with Crippen LogP contribution in [0.5, 0.6) is 0 Å². The molecule has 1 aliphatic heterocycles. The number of benzene rings is 1. The van der Waals surface area contributed by atoms with E-state index in [4.69, 9.17) is 0 Å². The quantitative estimate of drug-likeness (QED) is 0.757. The number of para-hydroxylation sites is 1. The summed E-state index contributed by atoms with van der Waals surface area (Å²) in [6, 6.07) is 8.11. The molecule has 26 heavy (non-hydrogen) atoms. The third-order valence-corrected chi connectivity index (χ3v) is 5.02. The Labute approximate surface area is 151 Å². The van der Waals surface area contributed by atoms with Crippen LogP contribution in [-0.2, 0) is 0 Å². The molecule has 0 radical (unpaired) electrons. The Kier molecular flexibility index (Phi) is 4.20. The van der Waals surface area contributed by atoms with Crippen molar-refractivity contribution in [3.63, 3.8) is 0 Å². The fraction of sp³-hybridized carbons (Fsp3) is 0.316. The van der Waals surface area contributed by atoms with Crippen LogP contribution in [-0.4, -0.2) is 56.7 Å². The minimum absolute atomic E-state index is 0.0295. The summed E-state index contributed by atoms with van der Waals surface area (Å²) in [5, 5.41) is 10.4. The average Bonchev–Trinajstić information content (AvgIpc) is 3.11. The Balaban J connectivity index is 1.56. The molecular weight excluding hydrogens is 330 g/mol. The van der Waals surface area contributed by atoms with Crippen LogP contribution >= 0.6 is 0 Å². The van der Waals surface area contributed by atoms with Gasteiger partial charge in [0.2, 0.25) is 5.95 Å². The summed E-state index contributed by atoms with van der Waals surface area (Å²) in [5.41, 5.74) is 3.12. The molecule has 1 unspecified atom stereocenters. The Morgan fingerprint density at radius 2 is 2.04 bits per heavy atom. The summed E-state index contributed by atoms with van der Waals surface area (Å²) in [7, 11) is 0. The summed E-state index contributed by atoms with van der Waals surface area (Å²) in [6.45, 7) is 3.71. The Hall–Kier alpha value is -3.09. The average molecular weight is 351 g/mol. The largest absolute Gasteiger partial charge is 0.465 e. The molecule has 7 heteroatoms. The molecule has 7 nitrogen and oxygen atoms in total. The number of anilines is 1. The molecule has 1 saturated heterocycles. The number of amides is 1. The van der Waals surface area contributed by atoms with Crippen molar-refractivity contribution in [1.82, 2.24) is 19.9 Å². The number of nitrogens with one attached hydrogen (secondary N) is 1. The van der Waals surface area contributed by atoms with Gasteiger partial charge in [-0.15, -0.1) is 0 Å². The van der Waals surface area contributed by atoms with Gasteiger partial charge in [0.25, 0.3) is 0 Å². The number of aromatic nitrogens is 3. The topological polar surface area (TPSA) is 85.4 Å². The summed E-state index contributed by atoms with van der Waals surface area (Å²) in [5.74, 6) is 0.650. The minimum Gasteiger partial charge on any atom is -0.465 e. The first kappa shape index (κ1) is 16.4. The van der Waals surface area contributed by atoms with Crippen LogP contribution in [0.2, 0.25) is 0 Å². The lowest BCUT2D eigenvalue weighted by Crippen LogP contribution is -2.55. The van der Waals surface area contributed by atoms with Gasteiger partial charge >= 0.3 is 6.09 Å². The van der Waals surface area contributed by atoms with Crippen LogP contribution in [0, 0.1) is 0 Å². The first-order valence-corrected chi connectivity index (χ1v) is 8.80. The van der Waals surface area contributed by atoms with Crippen LogP contribution in [0.1, 0.15) is 13.3 Å². The molecule has 0 saturated carbocycles. The standard InChI is InChI=1S/C19H21N5O2/c1-2-14-12-23(7-8-24(14)19(25)26)18-21-9-13(10-22-18)16-11-20-17-6-4-3-5-15(16)17/h3-6,9-11,14,20H,2,7-8,12H2,1H3,(H,25,26). The third-order valence-electron chi connectivity index (χ3n) is 5.02. The molecule has 1 aliphatic rings. The van der Waals surface area contributed by atoms with Crippen molar-refractivity contribution < 1.29 is 9.90 Å². The lowest BCUT2D eigenvalue weighted by atomic mass is 10.1. The molecule has 1 atom stereocenters. The number of H-pyrrole nitrogens is 1. The van der Waals surface area contributed by atoms with Gasteiger partial charge in [0.15, 0.2) is 0 Å². The smallest absolute Gasteiger partial charge is 0.407 e. The van der Waals surface area contributed by atoms with Gasteiger partial charge in [-0.2, -0.15) is 0 Å². The Morgan fingerprint density at radius 1 is 1.27 bits per heavy atom. The van der Waals surface area contributed by atoms with Crippen molar-refractivity contribution >= 4 is 22.9 Å². The maximum absolute atomic E-state index is 11.3. The van der Waals surface area contributed by atoms with E-state index in [1.807, 2.05) is 43.7 Å². The molecule has 4 rings (SSSR count). The number of carbonyl (C=O) groups is 1. The zero-order valence-electron chi connectivity index (χ0n) is 14.6. The Morgan fingerprint density at radius 3 is 2.77 bits per heavy atom. The van der Waals surface area contributed by atoms with Gasteiger partial charge in [-0.1, -0.05) is 25.1 Å². The first-order valence-electron chi connectivity index (χ1n) is 8.80. The maximum Gasteiger partial charge on any atom is 0.407 e. The number of hydrogen-bond acceptors (Lipinski definition) is 4. The highest BCUT2D eigenvalue weighted by Gasteiger charge is 2.30. The zero-order chi connectivity index (χ0) is 18.1. The first-order chi connectivity index (χ1) is 12.7. The summed E-state index contributed by atoms with van der Waals surface area (Å²) in [4.78, 5) is 27.2. The van der Waals surface area contributed by atoms with Crippen LogP contribution in [0.4, 0.5) is 10.7 Å². The number of rotatable bonds is 3. The molecule has 2 N–H and O–H groups in total. The van der Waals surface area contributed by atoms with E-state index in [-0.39, 0.29) is 6.04 Å². The number of fused-ring (bicyclic) bond motifs is 1. The van der Waals surface area contributed by atoms with E-state index in [0.29, 0.717) is 25.6 Å². The van der Waals surface area contributed by atoms with Gasteiger partial charge in [-0.25, -0.2) is 14.8 Å². The fourth-order valence-electron chi connectivity index (χ4n) is 3.57. The third kappa shape index (κ3) is 2.85. The number of nitrogens with zero attached hydrogens (tertiary/aromatic N) is 4. The molecule has 1 aromatic carbocycles. The van der Waals surface area contributed by atoms with Gasteiger partial charge in [0.1, 0.15) is 0 Å². The summed E-state index contributed by atoms with van der Waals surface area (Å²) < 4.78 is 0. The molecule has 0 spiro atoms. The van der Waals surface area contributed by atoms with Gasteiger partial charge in [0.05, 0.1) is 6.04 Å². The second-order valence-electron chi connectivity index (χ2n) is 6.50. The van der Waals surface area contributed by atoms with E-state index in [0.717, 1.165) is 28.5 Å². The fourth-order valence-corrected chi connectivity index (χ4v) is 3.57. The molecule has 3 aromatic rings. The molecule has 1 fully saturated rings. The lowest BCUT2D eigenvalue weighted by Gasteiger charge is -2.39. The molecule has 0 bridgehead atoms. The van der Waals surface area contributed by atoms with E-state index in [2.05, 4.69) is 25.9 Å². The van der Waals surface area contributed by atoms with Gasteiger partial charge in [-0.3, -0.25) is 0 Å². The number of piperazine rings is 1. The van der Waals surface area contributed by atoms with Crippen molar-refractivity contribution in [2.45, 2.75) is 19.4 Å². The Bertz CT molecular complexity index is 921. The van der Waals surface area contributed by atoms with E-state index >= 15 is 0 Å². The lowest BCUT2D eigenvalue weighted by molar-refractivity contribution is 0.116. The van der Waals surface area contributed by atoms with Crippen molar-refractivity contribution in [2.24, 2.45) is 0 Å². The minimum atomic E-state index is -0.855. The number of hydrogen-bond donors (Lipinski definition) is 2. The number of carboxylic acid groups (broad SMARTS) is 1. The normalized spacial score (nSPS) is 17.7. The highest BCUT2D eigenvalue weighted by atomic mass is 16.4. The van der Waals surface area contributed by atoms with Crippen molar-refractivity contribution in [1.29, 1.82) is 0 Å². The van der Waals surface area contributed by atoms with Crippen LogP contribution in [0.15, 0.2) is 42.9 Å². The van der Waals surface area contributed by atoms with Gasteiger partial charge in [0, 0.05) is 60.3 Å². The highest BCUT2D eigenvalue weighted by Crippen LogP contribution is 2.28. The van der Waals surface area contributed by atoms with Crippen molar-refractivity contribution in [2.75, 3.05) is 24.5 Å². The van der Waals surface area contributed by atoms with Gasteiger partial charge in [-0.05, 0) is 12.5 Å². The van der Waals surface area contributed by atoms with Crippen LogP contribution < -0.4 is 4.90 Å². The number of aromatic amines is 1. The molecule has 134 valence electrons. The van der Waals surface area contributed by atoms with Crippen LogP contribution in [0.25, 0.3) is 22.0 Å². The van der Waals surface area contributed by atoms with E-state index in [1.165, 1.54) is 4.90 Å². The van der Waals surface area contributed by atoms with Gasteiger partial charge < -0.3 is 19.9 Å². The molecule has 2 aromatic heterocycles. The monoisotopic (exact) mass is 351 g/mol. The highest BCUT2D eigenvalue weighted by molar-refractivity contribution is 5.95. The van der Waals surface area contributed by atoms with E-state index < -0.39 is 6.09 Å². The maximum atomic E-state index is 11.3. The van der Waals surface area contributed by atoms with E-state index in [9.17, 15) is 9.90 Å².